The van der Waals surface area contributed by atoms with Gasteiger partial charge in [-0.2, -0.15) is 4.98 Å². The van der Waals surface area contributed by atoms with Gasteiger partial charge in [-0.25, -0.2) is 9.78 Å². The number of ether oxygens (including phenoxy) is 1. The lowest BCUT2D eigenvalue weighted by molar-refractivity contribution is 0.0601. The Morgan fingerprint density at radius 1 is 1.19 bits per heavy atom. The Labute approximate surface area is 193 Å². The third-order valence-electron chi connectivity index (χ3n) is 5.99. The molecule has 3 aromatic rings. The Morgan fingerprint density at radius 3 is 2.72 bits per heavy atom. The summed E-state index contributed by atoms with van der Waals surface area (Å²) in [6.07, 6.45) is 4.59. The average Bonchev–Trinajstić information content (AvgIpc) is 3.28. The standard InChI is InChI=1S/C24H31N5O2S/c1-29(2)22-20-6-4-5-7-21(20)27-24(28-22)26-18-10-8-16(9-11-18)13-25-14-19-12-17(15-32-19)23(30)31-3/h4-7,12,15-16,18,25H,8-11,13-14H2,1-3H3,(H,26,27,28)/t16-,18+. The highest BCUT2D eigenvalue weighted by molar-refractivity contribution is 7.10. The predicted molar refractivity (Wildman–Crippen MR) is 131 cm³/mol. The van der Waals surface area contributed by atoms with Gasteiger partial charge in [0.2, 0.25) is 5.95 Å². The number of nitrogens with one attached hydrogen (secondary N) is 2. The summed E-state index contributed by atoms with van der Waals surface area (Å²) in [6.45, 7) is 1.79. The Balaban J connectivity index is 1.26. The minimum Gasteiger partial charge on any atom is -0.465 e. The highest BCUT2D eigenvalue weighted by Gasteiger charge is 2.22. The van der Waals surface area contributed by atoms with Crippen molar-refractivity contribution in [3.05, 3.63) is 46.2 Å². The number of aromatic nitrogens is 2. The Bertz CT molecular complexity index is 1060. The number of fused-ring (bicyclic) bond motifs is 1. The van der Waals surface area contributed by atoms with E-state index in [9.17, 15) is 4.79 Å². The lowest BCUT2D eigenvalue weighted by Gasteiger charge is -2.29. The van der Waals surface area contributed by atoms with E-state index < -0.39 is 0 Å². The summed E-state index contributed by atoms with van der Waals surface area (Å²) in [7, 11) is 5.45. The maximum Gasteiger partial charge on any atom is 0.338 e. The topological polar surface area (TPSA) is 79.4 Å². The molecular formula is C24H31N5O2S. The van der Waals surface area contributed by atoms with Crippen LogP contribution in [0.2, 0.25) is 0 Å². The fourth-order valence-corrected chi connectivity index (χ4v) is 5.08. The average molecular weight is 454 g/mol. The molecule has 170 valence electrons. The highest BCUT2D eigenvalue weighted by atomic mass is 32.1. The molecule has 0 saturated heterocycles. The van der Waals surface area contributed by atoms with Crippen LogP contribution in [0, 0.1) is 5.92 Å². The number of esters is 1. The van der Waals surface area contributed by atoms with Gasteiger partial charge in [0.25, 0.3) is 0 Å². The van der Waals surface area contributed by atoms with Crippen LogP contribution in [0.3, 0.4) is 0 Å². The largest absolute Gasteiger partial charge is 0.465 e. The van der Waals surface area contributed by atoms with Crippen molar-refractivity contribution in [1.82, 2.24) is 15.3 Å². The Morgan fingerprint density at radius 2 is 1.97 bits per heavy atom. The zero-order valence-electron chi connectivity index (χ0n) is 18.9. The number of hydrogen-bond donors (Lipinski definition) is 2. The SMILES string of the molecule is COC(=O)c1csc(CNC[C@H]2CC[C@@H](Nc3nc(N(C)C)c4ccccc4n3)CC2)c1. The molecule has 0 amide bonds. The van der Waals surface area contributed by atoms with Crippen molar-refractivity contribution < 1.29 is 9.53 Å². The van der Waals surface area contributed by atoms with Gasteiger partial charge in [0.15, 0.2) is 0 Å². The summed E-state index contributed by atoms with van der Waals surface area (Å²) < 4.78 is 4.77. The number of nitrogens with zero attached hydrogens (tertiary/aromatic N) is 3. The molecule has 0 atom stereocenters. The van der Waals surface area contributed by atoms with Crippen molar-refractivity contribution in [2.24, 2.45) is 5.92 Å². The van der Waals surface area contributed by atoms with E-state index in [1.165, 1.54) is 20.0 Å². The lowest BCUT2D eigenvalue weighted by atomic mass is 9.86. The van der Waals surface area contributed by atoms with Crippen LogP contribution in [0.5, 0.6) is 0 Å². The van der Waals surface area contributed by atoms with E-state index in [1.54, 1.807) is 11.3 Å². The van der Waals surface area contributed by atoms with E-state index >= 15 is 0 Å². The molecule has 1 saturated carbocycles. The zero-order chi connectivity index (χ0) is 22.5. The molecule has 0 bridgehead atoms. The van der Waals surface area contributed by atoms with Gasteiger partial charge in [-0.05, 0) is 56.3 Å². The van der Waals surface area contributed by atoms with E-state index in [0.717, 1.165) is 47.5 Å². The monoisotopic (exact) mass is 453 g/mol. The molecule has 4 rings (SSSR count). The van der Waals surface area contributed by atoms with E-state index in [4.69, 9.17) is 14.7 Å². The molecule has 0 aliphatic heterocycles. The first-order chi connectivity index (χ1) is 15.5. The van der Waals surface area contributed by atoms with Crippen molar-refractivity contribution in [1.29, 1.82) is 0 Å². The number of hydrogen-bond acceptors (Lipinski definition) is 8. The molecule has 8 heteroatoms. The molecule has 2 heterocycles. The van der Waals surface area contributed by atoms with E-state index in [-0.39, 0.29) is 5.97 Å². The number of para-hydroxylation sites is 1. The van der Waals surface area contributed by atoms with Crippen molar-refractivity contribution in [3.63, 3.8) is 0 Å². The molecular weight excluding hydrogens is 422 g/mol. The van der Waals surface area contributed by atoms with Crippen LogP contribution < -0.4 is 15.5 Å². The summed E-state index contributed by atoms with van der Waals surface area (Å²) >= 11 is 1.59. The predicted octanol–water partition coefficient (Wildman–Crippen LogP) is 4.30. The minimum atomic E-state index is -0.272. The van der Waals surface area contributed by atoms with Crippen LogP contribution >= 0.6 is 11.3 Å². The maximum atomic E-state index is 11.6. The fraction of sp³-hybridized carbons (Fsp3) is 0.458. The zero-order valence-corrected chi connectivity index (χ0v) is 19.7. The van der Waals surface area contributed by atoms with Crippen molar-refractivity contribution >= 4 is 40.0 Å². The molecule has 7 nitrogen and oxygen atoms in total. The van der Waals surface area contributed by atoms with Crippen LogP contribution in [-0.4, -0.2) is 49.7 Å². The summed E-state index contributed by atoms with van der Waals surface area (Å²) in [5, 5.41) is 10.1. The Kier molecular flexibility index (Phi) is 7.22. The van der Waals surface area contributed by atoms with Crippen molar-refractivity contribution in [3.8, 4) is 0 Å². The number of methoxy groups -OCH3 is 1. The van der Waals surface area contributed by atoms with Gasteiger partial charge in [0.05, 0.1) is 18.2 Å². The number of carbonyl (C=O) groups is 1. The van der Waals surface area contributed by atoms with Crippen LogP contribution in [0.4, 0.5) is 11.8 Å². The number of benzene rings is 1. The minimum absolute atomic E-state index is 0.272. The fourth-order valence-electron chi connectivity index (χ4n) is 4.26. The van der Waals surface area contributed by atoms with Crippen LogP contribution in [0.15, 0.2) is 35.7 Å². The summed E-state index contributed by atoms with van der Waals surface area (Å²) in [6, 6.07) is 10.5. The smallest absolute Gasteiger partial charge is 0.338 e. The first-order valence-electron chi connectivity index (χ1n) is 11.1. The molecule has 2 aromatic heterocycles. The van der Waals surface area contributed by atoms with Gasteiger partial charge in [-0.1, -0.05) is 12.1 Å². The summed E-state index contributed by atoms with van der Waals surface area (Å²) in [5.41, 5.74) is 1.60. The van der Waals surface area contributed by atoms with Crippen molar-refractivity contribution in [2.45, 2.75) is 38.3 Å². The second-order valence-corrected chi connectivity index (χ2v) is 9.56. The molecule has 0 radical (unpaired) electrons. The first kappa shape index (κ1) is 22.5. The maximum absolute atomic E-state index is 11.6. The number of anilines is 2. The van der Waals surface area contributed by atoms with Crippen LogP contribution in [-0.2, 0) is 11.3 Å². The molecule has 1 aliphatic rings. The third kappa shape index (κ3) is 5.37. The molecule has 0 unspecified atom stereocenters. The molecule has 1 aliphatic carbocycles. The van der Waals surface area contributed by atoms with Gasteiger partial charge in [-0.3, -0.25) is 0 Å². The molecule has 1 fully saturated rings. The van der Waals surface area contributed by atoms with E-state index in [2.05, 4.69) is 16.7 Å². The number of thiophene rings is 1. The van der Waals surface area contributed by atoms with E-state index in [1.807, 2.05) is 48.6 Å². The molecule has 32 heavy (non-hydrogen) atoms. The van der Waals surface area contributed by atoms with Gasteiger partial charge in [0, 0.05) is 42.3 Å². The summed E-state index contributed by atoms with van der Waals surface area (Å²) in [5.74, 6) is 2.06. The van der Waals surface area contributed by atoms with Gasteiger partial charge in [0.1, 0.15) is 5.82 Å². The van der Waals surface area contributed by atoms with Gasteiger partial charge >= 0.3 is 5.97 Å². The van der Waals surface area contributed by atoms with Crippen molar-refractivity contribution in [2.75, 3.05) is 38.0 Å². The third-order valence-corrected chi connectivity index (χ3v) is 6.93. The first-order valence-corrected chi connectivity index (χ1v) is 12.0. The van der Waals surface area contributed by atoms with E-state index in [0.29, 0.717) is 23.5 Å². The number of rotatable bonds is 8. The highest BCUT2D eigenvalue weighted by Crippen LogP contribution is 2.28. The number of carbonyl (C=O) groups excluding carboxylic acids is 1. The Hall–Kier alpha value is -2.71. The summed E-state index contributed by atoms with van der Waals surface area (Å²) in [4.78, 5) is 24.3. The van der Waals surface area contributed by atoms with Gasteiger partial charge in [-0.15, -0.1) is 11.3 Å². The van der Waals surface area contributed by atoms with Gasteiger partial charge < -0.3 is 20.3 Å². The van der Waals surface area contributed by atoms with Crippen LogP contribution in [0.1, 0.15) is 40.9 Å². The second-order valence-electron chi connectivity index (χ2n) is 8.57. The molecule has 2 N–H and O–H groups in total. The second kappa shape index (κ2) is 10.3. The molecule has 0 spiro atoms. The quantitative estimate of drug-likeness (QED) is 0.492. The normalized spacial score (nSPS) is 18.5. The molecule has 1 aromatic carbocycles. The van der Waals surface area contributed by atoms with Crippen LogP contribution in [0.25, 0.3) is 10.9 Å². The lowest BCUT2D eigenvalue weighted by Crippen LogP contribution is -2.31.